The fourth-order valence-corrected chi connectivity index (χ4v) is 2.16. The Labute approximate surface area is 137 Å². The van der Waals surface area contributed by atoms with Crippen LogP contribution in [0.25, 0.3) is 0 Å². The van der Waals surface area contributed by atoms with E-state index in [0.29, 0.717) is 23.5 Å². The summed E-state index contributed by atoms with van der Waals surface area (Å²) in [5.41, 5.74) is 8.58. The van der Waals surface area contributed by atoms with Crippen molar-refractivity contribution in [2.24, 2.45) is 0 Å². The van der Waals surface area contributed by atoms with Gasteiger partial charge in [0.05, 0.1) is 18.0 Å². The van der Waals surface area contributed by atoms with E-state index in [2.05, 4.69) is 12.2 Å². The molecule has 5 heteroatoms. The van der Waals surface area contributed by atoms with Crippen LogP contribution < -0.4 is 20.7 Å². The number of hydrogen-bond acceptors (Lipinski definition) is 4. The van der Waals surface area contributed by atoms with E-state index in [1.54, 1.807) is 30.3 Å². The van der Waals surface area contributed by atoms with Crippen molar-refractivity contribution in [1.82, 2.24) is 0 Å². The lowest BCUT2D eigenvalue weighted by molar-refractivity contribution is 0.102. The van der Waals surface area contributed by atoms with Crippen LogP contribution in [0, 0.1) is 0 Å². The average Bonchev–Trinajstić information content (AvgIpc) is 2.53. The van der Waals surface area contributed by atoms with Gasteiger partial charge in [-0.1, -0.05) is 6.92 Å². The zero-order chi connectivity index (χ0) is 16.8. The van der Waals surface area contributed by atoms with E-state index >= 15 is 0 Å². The number of anilines is 3. The molecule has 0 fully saturated rings. The molecule has 2 aromatic rings. The predicted octanol–water partition coefficient (Wildman–Crippen LogP) is 3.38. The van der Waals surface area contributed by atoms with E-state index in [1.165, 1.54) is 0 Å². The fraction of sp³-hybridized carbons (Fsp3) is 0.278. The number of nitrogens with one attached hydrogen (secondary N) is 1. The highest BCUT2D eigenvalue weighted by molar-refractivity contribution is 6.06. The number of amides is 1. The lowest BCUT2D eigenvalue weighted by atomic mass is 10.1. The number of ether oxygens (including phenoxy) is 1. The Balaban J connectivity index is 2.14. The van der Waals surface area contributed by atoms with E-state index < -0.39 is 0 Å². The van der Waals surface area contributed by atoms with Gasteiger partial charge in [-0.3, -0.25) is 4.79 Å². The summed E-state index contributed by atoms with van der Waals surface area (Å²) in [7, 11) is 3.84. The molecule has 0 saturated carbocycles. The summed E-state index contributed by atoms with van der Waals surface area (Å²) in [5.74, 6) is 0.585. The minimum absolute atomic E-state index is 0.180. The quantitative estimate of drug-likeness (QED) is 0.802. The normalized spacial score (nSPS) is 10.2. The third kappa shape index (κ3) is 4.39. The summed E-state index contributed by atoms with van der Waals surface area (Å²) in [4.78, 5) is 14.3. The SMILES string of the molecule is CCCOc1ccc(C(=O)Nc2cc(N)ccc2N(C)C)cc1. The summed E-state index contributed by atoms with van der Waals surface area (Å²) in [6, 6.07) is 12.6. The Kier molecular flexibility index (Phi) is 5.46. The maximum atomic E-state index is 12.4. The summed E-state index contributed by atoms with van der Waals surface area (Å²) in [6.45, 7) is 2.72. The van der Waals surface area contributed by atoms with Crippen molar-refractivity contribution in [3.8, 4) is 5.75 Å². The summed E-state index contributed by atoms with van der Waals surface area (Å²) >= 11 is 0. The molecule has 2 rings (SSSR count). The van der Waals surface area contributed by atoms with Crippen LogP contribution in [0.3, 0.4) is 0 Å². The molecule has 0 aliphatic heterocycles. The van der Waals surface area contributed by atoms with Crippen molar-refractivity contribution in [3.05, 3.63) is 48.0 Å². The molecule has 0 heterocycles. The number of carbonyl (C=O) groups excluding carboxylic acids is 1. The summed E-state index contributed by atoms with van der Waals surface area (Å²) < 4.78 is 5.52. The zero-order valence-electron chi connectivity index (χ0n) is 13.8. The molecule has 2 aromatic carbocycles. The molecule has 0 atom stereocenters. The van der Waals surface area contributed by atoms with Gasteiger partial charge in [0.1, 0.15) is 5.75 Å². The summed E-state index contributed by atoms with van der Waals surface area (Å²) in [5, 5.41) is 2.91. The molecule has 0 radical (unpaired) electrons. The average molecular weight is 313 g/mol. The second kappa shape index (κ2) is 7.54. The maximum Gasteiger partial charge on any atom is 0.255 e. The van der Waals surface area contributed by atoms with Crippen molar-refractivity contribution < 1.29 is 9.53 Å². The molecule has 0 unspecified atom stereocenters. The first-order valence-electron chi connectivity index (χ1n) is 7.62. The molecular weight excluding hydrogens is 290 g/mol. The number of nitrogens with zero attached hydrogens (tertiary/aromatic N) is 1. The van der Waals surface area contributed by atoms with Gasteiger partial charge in [-0.15, -0.1) is 0 Å². The van der Waals surface area contributed by atoms with E-state index in [9.17, 15) is 4.79 Å². The number of nitrogens with two attached hydrogens (primary N) is 1. The lowest BCUT2D eigenvalue weighted by Crippen LogP contribution is -2.17. The number of carbonyl (C=O) groups is 1. The first-order valence-corrected chi connectivity index (χ1v) is 7.62. The number of rotatable bonds is 6. The molecule has 3 N–H and O–H groups in total. The Hall–Kier alpha value is -2.69. The first kappa shape index (κ1) is 16.7. The molecule has 1 amide bonds. The molecule has 122 valence electrons. The monoisotopic (exact) mass is 313 g/mol. The van der Waals surface area contributed by atoms with Gasteiger partial charge in [-0.25, -0.2) is 0 Å². The lowest BCUT2D eigenvalue weighted by Gasteiger charge is -2.18. The third-order valence-corrected chi connectivity index (χ3v) is 3.34. The zero-order valence-corrected chi connectivity index (χ0v) is 13.8. The molecule has 0 aliphatic rings. The maximum absolute atomic E-state index is 12.4. The Morgan fingerprint density at radius 2 is 1.87 bits per heavy atom. The second-order valence-corrected chi connectivity index (χ2v) is 5.50. The van der Waals surface area contributed by atoms with Gasteiger partial charge in [0, 0.05) is 25.3 Å². The van der Waals surface area contributed by atoms with Gasteiger partial charge in [-0.05, 0) is 48.9 Å². The highest BCUT2D eigenvalue weighted by Gasteiger charge is 2.11. The standard InChI is InChI=1S/C18H23N3O2/c1-4-11-23-15-8-5-13(6-9-15)18(22)20-16-12-14(19)7-10-17(16)21(2)3/h5-10,12H,4,11,19H2,1-3H3,(H,20,22). The van der Waals surface area contributed by atoms with E-state index in [4.69, 9.17) is 10.5 Å². The van der Waals surface area contributed by atoms with Crippen LogP contribution in [0.1, 0.15) is 23.7 Å². The van der Waals surface area contributed by atoms with Crippen molar-refractivity contribution in [3.63, 3.8) is 0 Å². The Morgan fingerprint density at radius 3 is 2.48 bits per heavy atom. The highest BCUT2D eigenvalue weighted by Crippen LogP contribution is 2.27. The van der Waals surface area contributed by atoms with Crippen LogP contribution in [0.5, 0.6) is 5.75 Å². The van der Waals surface area contributed by atoms with Crippen molar-refractivity contribution in [1.29, 1.82) is 0 Å². The smallest absolute Gasteiger partial charge is 0.255 e. The molecule has 0 spiro atoms. The first-order chi connectivity index (χ1) is 11.0. The van der Waals surface area contributed by atoms with Gasteiger partial charge in [-0.2, -0.15) is 0 Å². The van der Waals surface area contributed by atoms with Crippen LogP contribution in [0.4, 0.5) is 17.1 Å². The van der Waals surface area contributed by atoms with Gasteiger partial charge >= 0.3 is 0 Å². The topological polar surface area (TPSA) is 67.6 Å². The largest absolute Gasteiger partial charge is 0.494 e. The van der Waals surface area contributed by atoms with E-state index in [1.807, 2.05) is 31.1 Å². The minimum Gasteiger partial charge on any atom is -0.494 e. The van der Waals surface area contributed by atoms with Gasteiger partial charge < -0.3 is 20.7 Å². The number of nitrogen functional groups attached to an aromatic ring is 1. The number of benzene rings is 2. The third-order valence-electron chi connectivity index (χ3n) is 3.34. The van der Waals surface area contributed by atoms with Crippen molar-refractivity contribution >= 4 is 23.0 Å². The van der Waals surface area contributed by atoms with Crippen molar-refractivity contribution in [2.45, 2.75) is 13.3 Å². The minimum atomic E-state index is -0.180. The van der Waals surface area contributed by atoms with Gasteiger partial charge in [0.25, 0.3) is 5.91 Å². The molecule has 0 aliphatic carbocycles. The summed E-state index contributed by atoms with van der Waals surface area (Å²) in [6.07, 6.45) is 0.949. The second-order valence-electron chi connectivity index (χ2n) is 5.50. The van der Waals surface area contributed by atoms with Gasteiger partial charge in [0.2, 0.25) is 0 Å². The number of hydrogen-bond donors (Lipinski definition) is 2. The predicted molar refractivity (Wildman–Crippen MR) is 95.4 cm³/mol. The van der Waals surface area contributed by atoms with Crippen LogP contribution >= 0.6 is 0 Å². The molecule has 23 heavy (non-hydrogen) atoms. The van der Waals surface area contributed by atoms with Crippen LogP contribution in [0.2, 0.25) is 0 Å². The van der Waals surface area contributed by atoms with Crippen molar-refractivity contribution in [2.75, 3.05) is 36.7 Å². The Morgan fingerprint density at radius 1 is 1.17 bits per heavy atom. The Bertz CT molecular complexity index is 666. The molecular formula is C18H23N3O2. The molecule has 5 nitrogen and oxygen atoms in total. The molecule has 0 aromatic heterocycles. The van der Waals surface area contributed by atoms with Gasteiger partial charge in [0.15, 0.2) is 0 Å². The van der Waals surface area contributed by atoms with E-state index in [-0.39, 0.29) is 5.91 Å². The molecule has 0 bridgehead atoms. The van der Waals surface area contributed by atoms with Crippen LogP contribution in [-0.2, 0) is 0 Å². The van der Waals surface area contributed by atoms with E-state index in [0.717, 1.165) is 17.9 Å². The molecule has 0 saturated heterocycles. The van der Waals surface area contributed by atoms with Crippen LogP contribution in [0.15, 0.2) is 42.5 Å². The fourth-order valence-electron chi connectivity index (χ4n) is 2.16. The highest BCUT2D eigenvalue weighted by atomic mass is 16.5. The van der Waals surface area contributed by atoms with Crippen LogP contribution in [-0.4, -0.2) is 26.6 Å².